The van der Waals surface area contributed by atoms with E-state index in [1.165, 1.54) is 10.4 Å². The molecule has 0 saturated carbocycles. The molecule has 2 unspecified atom stereocenters. The Labute approximate surface area is 122 Å². The molecule has 1 aliphatic rings. The summed E-state index contributed by atoms with van der Waals surface area (Å²) in [6.07, 6.45) is 1.04. The van der Waals surface area contributed by atoms with E-state index in [1.54, 1.807) is 11.3 Å². The predicted molar refractivity (Wildman–Crippen MR) is 80.3 cm³/mol. The topological polar surface area (TPSA) is 21.3 Å². The minimum Gasteiger partial charge on any atom is -0.493 e. The Hall–Kier alpha value is -1.03. The zero-order chi connectivity index (χ0) is 13.2. The quantitative estimate of drug-likeness (QED) is 0.926. The van der Waals surface area contributed by atoms with Gasteiger partial charge in [0.05, 0.1) is 10.9 Å². The van der Waals surface area contributed by atoms with Crippen LogP contribution >= 0.6 is 22.9 Å². The molecule has 100 valence electrons. The van der Waals surface area contributed by atoms with Gasteiger partial charge in [-0.2, -0.15) is 0 Å². The number of nitrogens with one attached hydrogen (secondary N) is 1. The summed E-state index contributed by atoms with van der Waals surface area (Å²) in [4.78, 5) is 1.28. The van der Waals surface area contributed by atoms with E-state index in [0.29, 0.717) is 12.0 Å². The van der Waals surface area contributed by atoms with Crippen molar-refractivity contribution in [2.24, 2.45) is 5.92 Å². The molecule has 0 saturated heterocycles. The summed E-state index contributed by atoms with van der Waals surface area (Å²) in [6, 6.07) is 12.6. The molecule has 0 fully saturated rings. The van der Waals surface area contributed by atoms with Crippen molar-refractivity contribution < 1.29 is 4.74 Å². The molecule has 0 amide bonds. The van der Waals surface area contributed by atoms with Crippen molar-refractivity contribution in [1.29, 1.82) is 0 Å². The van der Waals surface area contributed by atoms with Crippen LogP contribution in [0.5, 0.6) is 5.75 Å². The Morgan fingerprint density at radius 2 is 2.16 bits per heavy atom. The first-order chi connectivity index (χ1) is 9.28. The Bertz CT molecular complexity index is 569. The van der Waals surface area contributed by atoms with Crippen molar-refractivity contribution >= 4 is 22.9 Å². The molecule has 2 aromatic rings. The summed E-state index contributed by atoms with van der Waals surface area (Å²) in [5.41, 5.74) is 1.29. The van der Waals surface area contributed by atoms with Gasteiger partial charge in [0.1, 0.15) is 5.75 Å². The highest BCUT2D eigenvalue weighted by atomic mass is 35.5. The van der Waals surface area contributed by atoms with E-state index in [9.17, 15) is 0 Å². The number of halogens is 1. The summed E-state index contributed by atoms with van der Waals surface area (Å²) in [5.74, 6) is 1.47. The highest BCUT2D eigenvalue weighted by molar-refractivity contribution is 7.16. The molecule has 0 radical (unpaired) electrons. The average Bonchev–Trinajstić information content (AvgIpc) is 2.86. The Balaban J connectivity index is 1.83. The van der Waals surface area contributed by atoms with Gasteiger partial charge in [0.15, 0.2) is 0 Å². The van der Waals surface area contributed by atoms with Crippen LogP contribution in [0.2, 0.25) is 4.34 Å². The minimum atomic E-state index is 0.297. The van der Waals surface area contributed by atoms with Crippen molar-refractivity contribution in [3.05, 3.63) is 51.2 Å². The molecule has 0 aliphatic carbocycles. The van der Waals surface area contributed by atoms with Crippen molar-refractivity contribution in [3.63, 3.8) is 0 Å². The molecule has 1 N–H and O–H groups in total. The first kappa shape index (κ1) is 13.0. The maximum absolute atomic E-state index is 6.04. The molecule has 2 nitrogen and oxygen atoms in total. The minimum absolute atomic E-state index is 0.297. The van der Waals surface area contributed by atoms with Crippen LogP contribution in [0, 0.1) is 5.92 Å². The first-order valence-corrected chi connectivity index (χ1v) is 7.60. The van der Waals surface area contributed by atoms with Gasteiger partial charge < -0.3 is 10.1 Å². The van der Waals surface area contributed by atoms with Crippen molar-refractivity contribution in [2.75, 3.05) is 13.7 Å². The number of hydrogen-bond acceptors (Lipinski definition) is 3. The van der Waals surface area contributed by atoms with Gasteiger partial charge >= 0.3 is 0 Å². The largest absolute Gasteiger partial charge is 0.493 e. The van der Waals surface area contributed by atoms with E-state index in [4.69, 9.17) is 16.3 Å². The summed E-state index contributed by atoms with van der Waals surface area (Å²) in [7, 11) is 2.00. The Morgan fingerprint density at radius 3 is 2.89 bits per heavy atom. The van der Waals surface area contributed by atoms with Gasteiger partial charge in [0.25, 0.3) is 0 Å². The van der Waals surface area contributed by atoms with Crippen LogP contribution in [0.15, 0.2) is 36.4 Å². The van der Waals surface area contributed by atoms with E-state index in [1.807, 2.05) is 25.2 Å². The van der Waals surface area contributed by atoms with Gasteiger partial charge in [0.2, 0.25) is 0 Å². The molecule has 1 aromatic carbocycles. The number of benzene rings is 1. The third-order valence-electron chi connectivity index (χ3n) is 3.59. The Kier molecular flexibility index (Phi) is 3.78. The van der Waals surface area contributed by atoms with E-state index >= 15 is 0 Å². The fourth-order valence-corrected chi connectivity index (χ4v) is 3.94. The van der Waals surface area contributed by atoms with Gasteiger partial charge in [-0.05, 0) is 37.2 Å². The van der Waals surface area contributed by atoms with Crippen LogP contribution in [0.25, 0.3) is 0 Å². The van der Waals surface area contributed by atoms with Gasteiger partial charge in [-0.15, -0.1) is 11.3 Å². The molecule has 0 bridgehead atoms. The van der Waals surface area contributed by atoms with Crippen LogP contribution in [-0.4, -0.2) is 13.7 Å². The number of hydrogen-bond donors (Lipinski definition) is 1. The highest BCUT2D eigenvalue weighted by Gasteiger charge is 2.28. The monoisotopic (exact) mass is 293 g/mol. The number of fused-ring (bicyclic) bond motifs is 1. The van der Waals surface area contributed by atoms with Crippen molar-refractivity contribution in [1.82, 2.24) is 5.32 Å². The van der Waals surface area contributed by atoms with E-state index in [2.05, 4.69) is 23.5 Å². The lowest BCUT2D eigenvalue weighted by molar-refractivity contribution is 0.189. The fourth-order valence-electron chi connectivity index (χ4n) is 2.67. The van der Waals surface area contributed by atoms with Gasteiger partial charge in [-0.1, -0.05) is 29.8 Å². The molecule has 3 rings (SSSR count). The number of para-hydroxylation sites is 1. The van der Waals surface area contributed by atoms with Crippen LogP contribution in [0.3, 0.4) is 0 Å². The normalized spacial score (nSPS) is 19.6. The number of rotatable bonds is 3. The third kappa shape index (κ3) is 2.64. The second-order valence-corrected chi connectivity index (χ2v) is 6.54. The summed E-state index contributed by atoms with van der Waals surface area (Å²) >= 11 is 7.68. The fraction of sp³-hybridized carbons (Fsp3) is 0.333. The van der Waals surface area contributed by atoms with Crippen LogP contribution < -0.4 is 10.1 Å². The second kappa shape index (κ2) is 5.53. The van der Waals surface area contributed by atoms with Gasteiger partial charge in [-0.25, -0.2) is 0 Å². The summed E-state index contributed by atoms with van der Waals surface area (Å²) in [5, 5.41) is 3.40. The lowest BCUT2D eigenvalue weighted by Crippen LogP contribution is -2.33. The molecule has 19 heavy (non-hydrogen) atoms. The SMILES string of the molecule is CNC(c1ccc(Cl)s1)C1COc2ccccc2C1. The zero-order valence-electron chi connectivity index (χ0n) is 10.7. The third-order valence-corrected chi connectivity index (χ3v) is 4.90. The highest BCUT2D eigenvalue weighted by Crippen LogP contribution is 2.36. The van der Waals surface area contributed by atoms with Crippen LogP contribution in [0.4, 0.5) is 0 Å². The summed E-state index contributed by atoms with van der Waals surface area (Å²) in [6.45, 7) is 0.748. The van der Waals surface area contributed by atoms with E-state index in [-0.39, 0.29) is 0 Å². The Morgan fingerprint density at radius 1 is 1.32 bits per heavy atom. The zero-order valence-corrected chi connectivity index (χ0v) is 12.3. The smallest absolute Gasteiger partial charge is 0.122 e. The lowest BCUT2D eigenvalue weighted by atomic mass is 9.89. The number of ether oxygens (including phenoxy) is 1. The van der Waals surface area contributed by atoms with Crippen LogP contribution in [0.1, 0.15) is 16.5 Å². The van der Waals surface area contributed by atoms with Gasteiger partial charge in [-0.3, -0.25) is 0 Å². The second-order valence-electron chi connectivity index (χ2n) is 4.79. The predicted octanol–water partition coefficient (Wildman–Crippen LogP) is 3.91. The molecule has 1 aliphatic heterocycles. The summed E-state index contributed by atoms with van der Waals surface area (Å²) < 4.78 is 6.72. The molecular formula is C15H16ClNOS. The molecular weight excluding hydrogens is 278 g/mol. The first-order valence-electron chi connectivity index (χ1n) is 6.41. The molecule has 4 heteroatoms. The van der Waals surface area contributed by atoms with Gasteiger partial charge in [0, 0.05) is 16.8 Å². The van der Waals surface area contributed by atoms with Crippen molar-refractivity contribution in [3.8, 4) is 5.75 Å². The molecule has 2 heterocycles. The maximum atomic E-state index is 6.04. The molecule has 1 aromatic heterocycles. The molecule has 0 spiro atoms. The maximum Gasteiger partial charge on any atom is 0.122 e. The van der Waals surface area contributed by atoms with E-state index < -0.39 is 0 Å². The van der Waals surface area contributed by atoms with Crippen LogP contribution in [-0.2, 0) is 6.42 Å². The lowest BCUT2D eigenvalue weighted by Gasteiger charge is -2.31. The van der Waals surface area contributed by atoms with E-state index in [0.717, 1.165) is 23.1 Å². The standard InChI is InChI=1S/C15H16ClNOS/c1-17-15(13-6-7-14(16)19-13)11-8-10-4-2-3-5-12(10)18-9-11/h2-7,11,15,17H,8-9H2,1H3. The number of thiophene rings is 1. The molecule has 2 atom stereocenters. The van der Waals surface area contributed by atoms with Crippen molar-refractivity contribution in [2.45, 2.75) is 12.5 Å². The average molecular weight is 294 g/mol.